The number of primary amides is 1. The van der Waals surface area contributed by atoms with Gasteiger partial charge >= 0.3 is 0 Å². The summed E-state index contributed by atoms with van der Waals surface area (Å²) in [5.74, 6) is -0.482. The van der Waals surface area contributed by atoms with Crippen LogP contribution in [0.3, 0.4) is 0 Å². The van der Waals surface area contributed by atoms with Gasteiger partial charge in [-0.3, -0.25) is 9.78 Å². The van der Waals surface area contributed by atoms with E-state index in [-0.39, 0.29) is 0 Å². The normalized spacial score (nSPS) is 10.6. The van der Waals surface area contributed by atoms with Crippen LogP contribution in [0.2, 0.25) is 0 Å². The highest BCUT2D eigenvalue weighted by Gasteiger charge is 2.07. The van der Waals surface area contributed by atoms with Gasteiger partial charge in [0.1, 0.15) is 0 Å². The number of hydrogen-bond acceptors (Lipinski definition) is 3. The van der Waals surface area contributed by atoms with Crippen molar-refractivity contribution in [3.63, 3.8) is 0 Å². The molecule has 0 aliphatic heterocycles. The van der Waals surface area contributed by atoms with E-state index in [1.807, 2.05) is 48.9 Å². The summed E-state index contributed by atoms with van der Waals surface area (Å²) in [6.45, 7) is 3.98. The molecule has 110 valence electrons. The lowest BCUT2D eigenvalue weighted by molar-refractivity contribution is 0.1000. The lowest BCUT2D eigenvalue weighted by atomic mass is 10.1. The fourth-order valence-corrected chi connectivity index (χ4v) is 2.44. The van der Waals surface area contributed by atoms with Crippen LogP contribution in [0, 0.1) is 13.8 Å². The number of pyridine rings is 1. The molecule has 0 fully saturated rings. The molecule has 1 aromatic carbocycles. The molecule has 3 aromatic rings. The fourth-order valence-electron chi connectivity index (χ4n) is 2.44. The van der Waals surface area contributed by atoms with Crippen molar-refractivity contribution in [1.82, 2.24) is 14.8 Å². The number of aryl methyl sites for hydroxylation is 2. The average molecular weight is 292 g/mol. The molecule has 1 amide bonds. The number of nitrogens with zero attached hydrogens (tertiary/aromatic N) is 3. The quantitative estimate of drug-likeness (QED) is 0.806. The zero-order valence-corrected chi connectivity index (χ0v) is 12.4. The van der Waals surface area contributed by atoms with Crippen molar-refractivity contribution in [2.75, 3.05) is 0 Å². The lowest BCUT2D eigenvalue weighted by Crippen LogP contribution is -2.11. The highest BCUT2D eigenvalue weighted by Crippen LogP contribution is 2.23. The molecule has 5 nitrogen and oxygen atoms in total. The topological polar surface area (TPSA) is 73.8 Å². The monoisotopic (exact) mass is 292 g/mol. The van der Waals surface area contributed by atoms with Crippen molar-refractivity contribution in [2.24, 2.45) is 5.73 Å². The van der Waals surface area contributed by atoms with Crippen LogP contribution in [0.25, 0.3) is 16.8 Å². The van der Waals surface area contributed by atoms with Crippen LogP contribution in [0.1, 0.15) is 21.7 Å². The molecule has 0 aliphatic rings. The first-order chi connectivity index (χ1) is 10.5. The molecular weight excluding hydrogens is 276 g/mol. The van der Waals surface area contributed by atoms with Crippen molar-refractivity contribution < 1.29 is 4.79 Å². The summed E-state index contributed by atoms with van der Waals surface area (Å²) in [5, 5.41) is 4.49. The van der Waals surface area contributed by atoms with Gasteiger partial charge in [0.15, 0.2) is 0 Å². The van der Waals surface area contributed by atoms with E-state index in [9.17, 15) is 4.79 Å². The Balaban J connectivity index is 2.06. The molecule has 0 saturated heterocycles. The Labute approximate surface area is 128 Å². The van der Waals surface area contributed by atoms with Crippen LogP contribution >= 0.6 is 0 Å². The maximum atomic E-state index is 11.3. The van der Waals surface area contributed by atoms with E-state index in [4.69, 9.17) is 5.73 Å². The molecule has 2 N–H and O–H groups in total. The average Bonchev–Trinajstić information content (AvgIpc) is 2.86. The van der Waals surface area contributed by atoms with Crippen LogP contribution in [0.15, 0.2) is 48.8 Å². The third-order valence-electron chi connectivity index (χ3n) is 3.46. The summed E-state index contributed by atoms with van der Waals surface area (Å²) in [4.78, 5) is 15.4. The molecule has 0 unspecified atom stereocenters. The minimum Gasteiger partial charge on any atom is -0.366 e. The predicted molar refractivity (Wildman–Crippen MR) is 84.8 cm³/mol. The minimum atomic E-state index is -0.482. The molecule has 0 atom stereocenters. The van der Waals surface area contributed by atoms with Gasteiger partial charge in [0.25, 0.3) is 0 Å². The number of hydrogen-bond donors (Lipinski definition) is 1. The molecule has 0 bridgehead atoms. The van der Waals surface area contributed by atoms with E-state index in [1.54, 1.807) is 12.3 Å². The summed E-state index contributed by atoms with van der Waals surface area (Å²) >= 11 is 0. The Bertz CT molecular complexity index is 851. The molecule has 0 spiro atoms. The predicted octanol–water partition coefficient (Wildman–Crippen LogP) is 2.65. The number of rotatable bonds is 3. The Morgan fingerprint density at radius 1 is 1.09 bits per heavy atom. The maximum absolute atomic E-state index is 11.3. The summed E-state index contributed by atoms with van der Waals surface area (Å²) in [5.41, 5.74) is 10.5. The largest absolute Gasteiger partial charge is 0.366 e. The summed E-state index contributed by atoms with van der Waals surface area (Å²) in [6.07, 6.45) is 3.18. The second-order valence-electron chi connectivity index (χ2n) is 5.22. The number of carbonyl (C=O) groups excluding carboxylic acids is 1. The number of aromatic nitrogens is 3. The Hall–Kier alpha value is -2.95. The molecule has 22 heavy (non-hydrogen) atoms. The van der Waals surface area contributed by atoms with Crippen LogP contribution in [0.4, 0.5) is 0 Å². The SMILES string of the molecule is Cc1cc(C)n(-c2cccc(-c3cncc(C(N)=O)c3)c2)n1. The van der Waals surface area contributed by atoms with Crippen LogP contribution in [-0.4, -0.2) is 20.7 Å². The van der Waals surface area contributed by atoms with Gasteiger partial charge in [0.05, 0.1) is 16.9 Å². The zero-order chi connectivity index (χ0) is 15.7. The summed E-state index contributed by atoms with van der Waals surface area (Å²) in [6, 6.07) is 11.7. The number of carbonyl (C=O) groups is 1. The lowest BCUT2D eigenvalue weighted by Gasteiger charge is -2.08. The second-order valence-corrected chi connectivity index (χ2v) is 5.22. The first-order valence-corrected chi connectivity index (χ1v) is 6.93. The van der Waals surface area contributed by atoms with Gasteiger partial charge < -0.3 is 5.73 Å². The Morgan fingerprint density at radius 2 is 1.91 bits per heavy atom. The molecule has 0 saturated carbocycles. The van der Waals surface area contributed by atoms with E-state index in [0.717, 1.165) is 28.2 Å². The van der Waals surface area contributed by atoms with Gasteiger partial charge in [-0.25, -0.2) is 4.68 Å². The van der Waals surface area contributed by atoms with Crippen molar-refractivity contribution in [3.8, 4) is 16.8 Å². The summed E-state index contributed by atoms with van der Waals surface area (Å²) in [7, 11) is 0. The Kier molecular flexibility index (Phi) is 3.47. The van der Waals surface area contributed by atoms with E-state index in [2.05, 4.69) is 10.1 Å². The van der Waals surface area contributed by atoms with Gasteiger partial charge in [-0.05, 0) is 43.7 Å². The van der Waals surface area contributed by atoms with Gasteiger partial charge in [0.2, 0.25) is 5.91 Å². The third kappa shape index (κ3) is 2.61. The van der Waals surface area contributed by atoms with Crippen LogP contribution in [0.5, 0.6) is 0 Å². The fraction of sp³-hybridized carbons (Fsp3) is 0.118. The smallest absolute Gasteiger partial charge is 0.250 e. The van der Waals surface area contributed by atoms with Crippen molar-refractivity contribution in [1.29, 1.82) is 0 Å². The molecule has 2 heterocycles. The van der Waals surface area contributed by atoms with Crippen molar-refractivity contribution in [3.05, 3.63) is 65.7 Å². The number of benzene rings is 1. The van der Waals surface area contributed by atoms with Crippen molar-refractivity contribution >= 4 is 5.91 Å². The van der Waals surface area contributed by atoms with E-state index in [1.165, 1.54) is 6.20 Å². The first kappa shape index (κ1) is 14.0. The van der Waals surface area contributed by atoms with E-state index < -0.39 is 5.91 Å². The number of nitrogens with two attached hydrogens (primary N) is 1. The maximum Gasteiger partial charge on any atom is 0.250 e. The van der Waals surface area contributed by atoms with Crippen LogP contribution in [-0.2, 0) is 0 Å². The number of amides is 1. The molecular formula is C17H16N4O. The third-order valence-corrected chi connectivity index (χ3v) is 3.46. The van der Waals surface area contributed by atoms with Gasteiger partial charge in [-0.2, -0.15) is 5.10 Å². The van der Waals surface area contributed by atoms with Crippen LogP contribution < -0.4 is 5.73 Å². The molecule has 3 rings (SSSR count). The molecule has 0 radical (unpaired) electrons. The van der Waals surface area contributed by atoms with E-state index >= 15 is 0 Å². The van der Waals surface area contributed by atoms with Gasteiger partial charge in [0, 0.05) is 23.7 Å². The Morgan fingerprint density at radius 3 is 2.59 bits per heavy atom. The van der Waals surface area contributed by atoms with Gasteiger partial charge in [-0.15, -0.1) is 0 Å². The molecule has 5 heteroatoms. The minimum absolute atomic E-state index is 0.397. The van der Waals surface area contributed by atoms with Crippen molar-refractivity contribution in [2.45, 2.75) is 13.8 Å². The molecule has 2 aromatic heterocycles. The van der Waals surface area contributed by atoms with Gasteiger partial charge in [-0.1, -0.05) is 12.1 Å². The van der Waals surface area contributed by atoms with E-state index in [0.29, 0.717) is 5.56 Å². The first-order valence-electron chi connectivity index (χ1n) is 6.93. The summed E-state index contributed by atoms with van der Waals surface area (Å²) < 4.78 is 1.89. The zero-order valence-electron chi connectivity index (χ0n) is 12.4. The standard InChI is InChI=1S/C17H16N4O/c1-11-6-12(2)21(20-11)16-5-3-4-13(8-16)14-7-15(17(18)22)10-19-9-14/h3-10H,1-2H3,(H2,18,22). The second kappa shape index (κ2) is 5.44. The highest BCUT2D eigenvalue weighted by atomic mass is 16.1. The molecule has 0 aliphatic carbocycles. The highest BCUT2D eigenvalue weighted by molar-refractivity contribution is 5.93.